The summed E-state index contributed by atoms with van der Waals surface area (Å²) in [4.78, 5) is 0. The second kappa shape index (κ2) is 4.66. The van der Waals surface area contributed by atoms with Crippen molar-refractivity contribution in [1.29, 1.82) is 0 Å². The summed E-state index contributed by atoms with van der Waals surface area (Å²) in [5, 5.41) is 14.3. The molecule has 100 valence electrons. The van der Waals surface area contributed by atoms with E-state index in [1.54, 1.807) is 12.3 Å². The lowest BCUT2D eigenvalue weighted by atomic mass is 9.96. The molecule has 2 atom stereocenters. The number of hydrogen-bond acceptors (Lipinski definition) is 3. The maximum atomic E-state index is 13.2. The number of halogens is 1. The molecule has 1 N–H and O–H groups in total. The highest BCUT2D eigenvalue weighted by atomic mass is 19.1. The van der Waals surface area contributed by atoms with Gasteiger partial charge in [0, 0.05) is 30.3 Å². The van der Waals surface area contributed by atoms with Crippen LogP contribution in [0.2, 0.25) is 0 Å². The van der Waals surface area contributed by atoms with Crippen LogP contribution in [0.4, 0.5) is 4.39 Å². The SMILES string of the molecule is CCn1cc(C2C[C@H](O)c3cc(F)ccc3O2)cn1. The van der Waals surface area contributed by atoms with Crippen LogP contribution >= 0.6 is 0 Å². The van der Waals surface area contributed by atoms with Crippen LogP contribution in [0.25, 0.3) is 0 Å². The summed E-state index contributed by atoms with van der Waals surface area (Å²) in [6, 6.07) is 4.22. The van der Waals surface area contributed by atoms with Crippen molar-refractivity contribution < 1.29 is 14.2 Å². The van der Waals surface area contributed by atoms with E-state index in [0.29, 0.717) is 17.7 Å². The van der Waals surface area contributed by atoms with Gasteiger partial charge in [0.15, 0.2) is 0 Å². The highest BCUT2D eigenvalue weighted by Gasteiger charge is 2.29. The minimum Gasteiger partial charge on any atom is -0.485 e. The predicted octanol–water partition coefficient (Wildman–Crippen LogP) is 2.60. The van der Waals surface area contributed by atoms with Crippen molar-refractivity contribution in [3.63, 3.8) is 0 Å². The molecule has 0 spiro atoms. The maximum Gasteiger partial charge on any atom is 0.130 e. The molecule has 2 heterocycles. The fraction of sp³-hybridized carbons (Fsp3) is 0.357. The van der Waals surface area contributed by atoms with Crippen molar-refractivity contribution in [2.45, 2.75) is 32.1 Å². The van der Waals surface area contributed by atoms with E-state index >= 15 is 0 Å². The third kappa shape index (κ3) is 2.21. The Morgan fingerprint density at radius 3 is 3.11 bits per heavy atom. The molecule has 4 nitrogen and oxygen atoms in total. The van der Waals surface area contributed by atoms with Gasteiger partial charge in [0.2, 0.25) is 0 Å². The molecule has 2 aromatic rings. The van der Waals surface area contributed by atoms with Gasteiger partial charge in [0.1, 0.15) is 17.7 Å². The second-order valence-electron chi connectivity index (χ2n) is 4.67. The minimum absolute atomic E-state index is 0.242. The quantitative estimate of drug-likeness (QED) is 0.905. The normalized spacial score (nSPS) is 21.8. The highest BCUT2D eigenvalue weighted by molar-refractivity contribution is 5.38. The maximum absolute atomic E-state index is 13.2. The molecule has 1 unspecified atom stereocenters. The Kier molecular flexibility index (Phi) is 2.98. The zero-order chi connectivity index (χ0) is 13.4. The standard InChI is InChI=1S/C14H15FN2O2/c1-2-17-8-9(7-16-17)14-6-12(18)11-5-10(15)3-4-13(11)19-14/h3-5,7-8,12,14,18H,2,6H2,1H3/t12-,14?/m0/s1. The molecule has 0 amide bonds. The van der Waals surface area contributed by atoms with E-state index in [-0.39, 0.29) is 11.9 Å². The Morgan fingerprint density at radius 1 is 1.53 bits per heavy atom. The summed E-state index contributed by atoms with van der Waals surface area (Å²) in [5.41, 5.74) is 1.44. The van der Waals surface area contributed by atoms with Gasteiger partial charge in [-0.25, -0.2) is 4.39 Å². The van der Waals surface area contributed by atoms with Gasteiger partial charge in [-0.2, -0.15) is 5.10 Å². The van der Waals surface area contributed by atoms with Crippen molar-refractivity contribution in [3.05, 3.63) is 47.5 Å². The first kappa shape index (κ1) is 12.2. The first-order valence-corrected chi connectivity index (χ1v) is 6.34. The van der Waals surface area contributed by atoms with Gasteiger partial charge in [-0.3, -0.25) is 4.68 Å². The molecule has 0 fully saturated rings. The number of nitrogens with zero attached hydrogens (tertiary/aromatic N) is 2. The van der Waals surface area contributed by atoms with Crippen LogP contribution < -0.4 is 4.74 Å². The molecular weight excluding hydrogens is 247 g/mol. The monoisotopic (exact) mass is 262 g/mol. The molecule has 3 rings (SSSR count). The van der Waals surface area contributed by atoms with E-state index in [2.05, 4.69) is 5.10 Å². The molecule has 0 saturated carbocycles. The largest absolute Gasteiger partial charge is 0.485 e. The van der Waals surface area contributed by atoms with Crippen molar-refractivity contribution in [2.75, 3.05) is 0 Å². The topological polar surface area (TPSA) is 47.3 Å². The molecule has 1 aliphatic heterocycles. The van der Waals surface area contributed by atoms with E-state index in [1.807, 2.05) is 17.8 Å². The van der Waals surface area contributed by atoms with Gasteiger partial charge in [-0.1, -0.05) is 0 Å². The van der Waals surface area contributed by atoms with Gasteiger partial charge in [0.05, 0.1) is 12.3 Å². The smallest absolute Gasteiger partial charge is 0.130 e. The first-order chi connectivity index (χ1) is 9.17. The fourth-order valence-corrected chi connectivity index (χ4v) is 2.34. The van der Waals surface area contributed by atoms with Crippen LogP contribution in [0, 0.1) is 5.82 Å². The zero-order valence-electron chi connectivity index (χ0n) is 10.6. The number of fused-ring (bicyclic) bond motifs is 1. The molecule has 1 aromatic carbocycles. The summed E-state index contributed by atoms with van der Waals surface area (Å²) in [6.07, 6.45) is 3.11. The number of aliphatic hydroxyl groups is 1. The van der Waals surface area contributed by atoms with Crippen LogP contribution in [0.1, 0.15) is 36.7 Å². The van der Waals surface area contributed by atoms with Crippen LogP contribution in [0.3, 0.4) is 0 Å². The van der Waals surface area contributed by atoms with Crippen LogP contribution in [0.15, 0.2) is 30.6 Å². The molecule has 1 aromatic heterocycles. The Labute approximate surface area is 110 Å². The lowest BCUT2D eigenvalue weighted by molar-refractivity contribution is 0.0653. The molecule has 0 radical (unpaired) electrons. The number of rotatable bonds is 2. The Balaban J connectivity index is 1.90. The number of benzene rings is 1. The minimum atomic E-state index is -0.713. The van der Waals surface area contributed by atoms with Crippen LogP contribution in [-0.2, 0) is 6.54 Å². The number of aliphatic hydroxyl groups excluding tert-OH is 1. The molecular formula is C14H15FN2O2. The first-order valence-electron chi connectivity index (χ1n) is 6.34. The van der Waals surface area contributed by atoms with E-state index in [9.17, 15) is 9.50 Å². The fourth-order valence-electron chi connectivity index (χ4n) is 2.34. The van der Waals surface area contributed by atoms with E-state index in [1.165, 1.54) is 12.1 Å². The summed E-state index contributed by atoms with van der Waals surface area (Å²) in [5.74, 6) is 0.174. The van der Waals surface area contributed by atoms with Gasteiger partial charge in [-0.05, 0) is 25.1 Å². The van der Waals surface area contributed by atoms with Crippen LogP contribution in [-0.4, -0.2) is 14.9 Å². The number of aryl methyl sites for hydroxylation is 1. The van der Waals surface area contributed by atoms with Crippen molar-refractivity contribution >= 4 is 0 Å². The summed E-state index contributed by atoms with van der Waals surface area (Å²) < 4.78 is 20.8. The molecule has 0 saturated heterocycles. The lowest BCUT2D eigenvalue weighted by Crippen LogP contribution is -2.18. The van der Waals surface area contributed by atoms with Crippen molar-refractivity contribution in [1.82, 2.24) is 9.78 Å². The number of ether oxygens (including phenoxy) is 1. The van der Waals surface area contributed by atoms with E-state index in [0.717, 1.165) is 12.1 Å². The van der Waals surface area contributed by atoms with Gasteiger partial charge in [0.25, 0.3) is 0 Å². The summed E-state index contributed by atoms with van der Waals surface area (Å²) in [6.45, 7) is 2.79. The van der Waals surface area contributed by atoms with E-state index < -0.39 is 6.10 Å². The van der Waals surface area contributed by atoms with Crippen LogP contribution in [0.5, 0.6) is 5.75 Å². The Morgan fingerprint density at radius 2 is 2.37 bits per heavy atom. The summed E-state index contributed by atoms with van der Waals surface area (Å²) in [7, 11) is 0. The molecule has 5 heteroatoms. The molecule has 19 heavy (non-hydrogen) atoms. The Bertz CT molecular complexity index is 597. The predicted molar refractivity (Wildman–Crippen MR) is 67.2 cm³/mol. The van der Waals surface area contributed by atoms with Crippen molar-refractivity contribution in [3.8, 4) is 5.75 Å². The zero-order valence-corrected chi connectivity index (χ0v) is 10.6. The number of hydrogen-bond donors (Lipinski definition) is 1. The highest BCUT2D eigenvalue weighted by Crippen LogP contribution is 2.40. The average Bonchev–Trinajstić information content (AvgIpc) is 2.88. The molecule has 0 aliphatic carbocycles. The lowest BCUT2D eigenvalue weighted by Gasteiger charge is -2.29. The molecule has 0 bridgehead atoms. The van der Waals surface area contributed by atoms with Crippen molar-refractivity contribution in [2.24, 2.45) is 0 Å². The third-order valence-corrected chi connectivity index (χ3v) is 3.39. The summed E-state index contributed by atoms with van der Waals surface area (Å²) >= 11 is 0. The van der Waals surface area contributed by atoms with E-state index in [4.69, 9.17) is 4.74 Å². The van der Waals surface area contributed by atoms with Gasteiger partial charge < -0.3 is 9.84 Å². The second-order valence-corrected chi connectivity index (χ2v) is 4.67. The molecule has 1 aliphatic rings. The number of aromatic nitrogens is 2. The Hall–Kier alpha value is -1.88. The van der Waals surface area contributed by atoms with Gasteiger partial charge >= 0.3 is 0 Å². The van der Waals surface area contributed by atoms with Gasteiger partial charge in [-0.15, -0.1) is 0 Å². The third-order valence-electron chi connectivity index (χ3n) is 3.39. The average molecular weight is 262 g/mol.